The Morgan fingerprint density at radius 2 is 1.86 bits per heavy atom. The molecule has 1 aliphatic carbocycles. The van der Waals surface area contributed by atoms with Crippen molar-refractivity contribution in [2.24, 2.45) is 12.0 Å². The molecule has 0 bridgehead atoms. The Morgan fingerprint density at radius 3 is 2.43 bits per heavy atom. The lowest BCUT2D eigenvalue weighted by molar-refractivity contribution is -0.137. The van der Waals surface area contributed by atoms with Crippen molar-refractivity contribution in [3.63, 3.8) is 0 Å². The standard InChI is InChI=1S/C19H25F3N6/c1-13-26-27-17(28(13)2)12-24-18(25-16-5-3-4-6-16)23-11-14-7-9-15(10-8-14)19(20,21)22/h7-10,16H,3-6,11-12H2,1-2H3,(H2,23,24,25). The number of alkyl halides is 3. The van der Waals surface area contributed by atoms with Gasteiger partial charge in [0.05, 0.1) is 18.7 Å². The van der Waals surface area contributed by atoms with Crippen LogP contribution in [0.3, 0.4) is 0 Å². The number of aryl methyl sites for hydroxylation is 1. The van der Waals surface area contributed by atoms with E-state index in [1.807, 2.05) is 18.5 Å². The number of nitrogens with one attached hydrogen (secondary N) is 2. The van der Waals surface area contributed by atoms with Gasteiger partial charge in [0.15, 0.2) is 11.8 Å². The summed E-state index contributed by atoms with van der Waals surface area (Å²) >= 11 is 0. The highest BCUT2D eigenvalue weighted by Gasteiger charge is 2.29. The molecule has 1 saturated carbocycles. The summed E-state index contributed by atoms with van der Waals surface area (Å²) in [5.41, 5.74) is 0.0651. The molecule has 1 heterocycles. The second-order valence-electron chi connectivity index (χ2n) is 7.06. The number of nitrogens with zero attached hydrogens (tertiary/aromatic N) is 4. The maximum Gasteiger partial charge on any atom is 0.416 e. The van der Waals surface area contributed by atoms with Crippen LogP contribution in [0.1, 0.15) is 48.5 Å². The average molecular weight is 394 g/mol. The Morgan fingerprint density at radius 1 is 1.18 bits per heavy atom. The number of hydrogen-bond donors (Lipinski definition) is 2. The van der Waals surface area contributed by atoms with Gasteiger partial charge >= 0.3 is 6.18 Å². The van der Waals surface area contributed by atoms with Crippen molar-refractivity contribution >= 4 is 5.96 Å². The summed E-state index contributed by atoms with van der Waals surface area (Å²) in [6.07, 6.45) is 0.222. The number of hydrogen-bond acceptors (Lipinski definition) is 3. The summed E-state index contributed by atoms with van der Waals surface area (Å²) in [5, 5.41) is 14.8. The monoisotopic (exact) mass is 394 g/mol. The number of aromatic nitrogens is 3. The molecule has 152 valence electrons. The van der Waals surface area contributed by atoms with Gasteiger partial charge < -0.3 is 15.2 Å². The highest BCUT2D eigenvalue weighted by Crippen LogP contribution is 2.29. The maximum absolute atomic E-state index is 12.7. The van der Waals surface area contributed by atoms with Gasteiger partial charge in [-0.1, -0.05) is 25.0 Å². The molecule has 1 fully saturated rings. The minimum absolute atomic E-state index is 0.290. The van der Waals surface area contributed by atoms with Gasteiger partial charge in [-0.15, -0.1) is 10.2 Å². The van der Waals surface area contributed by atoms with Gasteiger partial charge in [-0.3, -0.25) is 0 Å². The molecular formula is C19H25F3N6. The van der Waals surface area contributed by atoms with E-state index in [1.54, 1.807) is 0 Å². The Kier molecular flexibility index (Phi) is 6.21. The minimum atomic E-state index is -4.33. The summed E-state index contributed by atoms with van der Waals surface area (Å²) in [4.78, 5) is 4.56. The van der Waals surface area contributed by atoms with Crippen molar-refractivity contribution < 1.29 is 13.2 Å². The van der Waals surface area contributed by atoms with Crippen molar-refractivity contribution in [1.29, 1.82) is 0 Å². The van der Waals surface area contributed by atoms with Crippen LogP contribution in [-0.4, -0.2) is 26.8 Å². The Balaban J connectivity index is 1.67. The first-order valence-corrected chi connectivity index (χ1v) is 9.39. The zero-order chi connectivity index (χ0) is 20.1. The summed E-state index contributed by atoms with van der Waals surface area (Å²) in [6.45, 7) is 2.63. The molecule has 0 radical (unpaired) electrons. The largest absolute Gasteiger partial charge is 0.416 e. The van der Waals surface area contributed by atoms with Gasteiger partial charge in [0.2, 0.25) is 0 Å². The second-order valence-corrected chi connectivity index (χ2v) is 7.06. The first kappa shape index (κ1) is 20.2. The lowest BCUT2D eigenvalue weighted by atomic mass is 10.1. The normalized spacial score (nSPS) is 15.8. The summed E-state index contributed by atoms with van der Waals surface area (Å²) < 4.78 is 40.0. The van der Waals surface area contributed by atoms with Crippen LogP contribution in [0.2, 0.25) is 0 Å². The molecule has 0 amide bonds. The van der Waals surface area contributed by atoms with E-state index >= 15 is 0 Å². The summed E-state index contributed by atoms with van der Waals surface area (Å²) in [7, 11) is 1.90. The first-order valence-electron chi connectivity index (χ1n) is 9.39. The van der Waals surface area contributed by atoms with Gasteiger partial charge in [0.25, 0.3) is 0 Å². The van der Waals surface area contributed by atoms with Crippen molar-refractivity contribution in [3.05, 3.63) is 47.0 Å². The van der Waals surface area contributed by atoms with Crippen molar-refractivity contribution in [3.8, 4) is 0 Å². The SMILES string of the molecule is Cc1nnc(CNC(=NCc2ccc(C(F)(F)F)cc2)NC2CCCC2)n1C. The molecule has 1 aromatic carbocycles. The van der Waals surface area contributed by atoms with E-state index in [-0.39, 0.29) is 6.54 Å². The molecule has 0 aliphatic heterocycles. The number of guanidine groups is 1. The maximum atomic E-state index is 12.7. The zero-order valence-electron chi connectivity index (χ0n) is 16.1. The van der Waals surface area contributed by atoms with E-state index in [0.29, 0.717) is 18.5 Å². The minimum Gasteiger partial charge on any atom is -0.354 e. The molecule has 6 nitrogen and oxygen atoms in total. The van der Waals surface area contributed by atoms with Crippen LogP contribution >= 0.6 is 0 Å². The molecule has 28 heavy (non-hydrogen) atoms. The fourth-order valence-electron chi connectivity index (χ4n) is 3.15. The molecule has 1 aromatic heterocycles. The Labute approximate surface area is 162 Å². The van der Waals surface area contributed by atoms with Crippen LogP contribution < -0.4 is 10.6 Å². The topological polar surface area (TPSA) is 67.1 Å². The predicted octanol–water partition coefficient (Wildman–Crippen LogP) is 3.32. The number of rotatable bonds is 5. The van der Waals surface area contributed by atoms with Crippen molar-refractivity contribution in [1.82, 2.24) is 25.4 Å². The summed E-state index contributed by atoms with van der Waals surface area (Å²) in [6, 6.07) is 5.46. The predicted molar refractivity (Wildman–Crippen MR) is 101 cm³/mol. The van der Waals surface area contributed by atoms with E-state index in [1.165, 1.54) is 25.0 Å². The quantitative estimate of drug-likeness (QED) is 0.603. The van der Waals surface area contributed by atoms with Crippen LogP contribution in [0, 0.1) is 6.92 Å². The van der Waals surface area contributed by atoms with E-state index in [0.717, 1.165) is 42.2 Å². The van der Waals surface area contributed by atoms with Gasteiger partial charge in [-0.25, -0.2) is 4.99 Å². The van der Waals surface area contributed by atoms with Crippen LogP contribution in [-0.2, 0) is 26.3 Å². The highest BCUT2D eigenvalue weighted by molar-refractivity contribution is 5.80. The number of benzene rings is 1. The molecule has 0 spiro atoms. The smallest absolute Gasteiger partial charge is 0.354 e. The van der Waals surface area contributed by atoms with Gasteiger partial charge in [0.1, 0.15) is 5.82 Å². The van der Waals surface area contributed by atoms with E-state index < -0.39 is 11.7 Å². The first-order chi connectivity index (χ1) is 13.3. The summed E-state index contributed by atoms with van der Waals surface area (Å²) in [5.74, 6) is 2.24. The molecule has 0 atom stereocenters. The fourth-order valence-corrected chi connectivity index (χ4v) is 3.15. The lowest BCUT2D eigenvalue weighted by Crippen LogP contribution is -2.42. The fraction of sp³-hybridized carbons (Fsp3) is 0.526. The van der Waals surface area contributed by atoms with E-state index in [4.69, 9.17) is 0 Å². The third kappa shape index (κ3) is 5.24. The Hall–Kier alpha value is -2.58. The van der Waals surface area contributed by atoms with Gasteiger partial charge in [-0.2, -0.15) is 13.2 Å². The average Bonchev–Trinajstić information content (AvgIpc) is 3.28. The zero-order valence-corrected chi connectivity index (χ0v) is 16.1. The lowest BCUT2D eigenvalue weighted by Gasteiger charge is -2.17. The Bertz CT molecular complexity index is 804. The van der Waals surface area contributed by atoms with Crippen molar-refractivity contribution in [2.45, 2.75) is 57.9 Å². The molecular weight excluding hydrogens is 369 g/mol. The number of halogens is 3. The van der Waals surface area contributed by atoms with Crippen LogP contribution in [0.15, 0.2) is 29.3 Å². The molecule has 0 saturated heterocycles. The number of aliphatic imine (C=N–C) groups is 1. The van der Waals surface area contributed by atoms with E-state index in [9.17, 15) is 13.2 Å². The van der Waals surface area contributed by atoms with Crippen LogP contribution in [0.5, 0.6) is 0 Å². The molecule has 1 aliphatic rings. The molecule has 3 rings (SSSR count). The van der Waals surface area contributed by atoms with Gasteiger partial charge in [-0.05, 0) is 37.5 Å². The third-order valence-electron chi connectivity index (χ3n) is 4.99. The second kappa shape index (κ2) is 8.62. The van der Waals surface area contributed by atoms with E-state index in [2.05, 4.69) is 25.8 Å². The van der Waals surface area contributed by atoms with Crippen LogP contribution in [0.4, 0.5) is 13.2 Å². The molecule has 2 N–H and O–H groups in total. The third-order valence-corrected chi connectivity index (χ3v) is 4.99. The van der Waals surface area contributed by atoms with Crippen LogP contribution in [0.25, 0.3) is 0 Å². The molecule has 2 aromatic rings. The molecule has 0 unspecified atom stereocenters. The highest BCUT2D eigenvalue weighted by atomic mass is 19.4. The van der Waals surface area contributed by atoms with Crippen molar-refractivity contribution in [2.75, 3.05) is 0 Å². The van der Waals surface area contributed by atoms with Gasteiger partial charge in [0, 0.05) is 13.1 Å². The molecule has 9 heteroatoms.